The van der Waals surface area contributed by atoms with Gasteiger partial charge in [-0.05, 0) is 0 Å². The smallest absolute Gasteiger partial charge is 0.547 e. The van der Waals surface area contributed by atoms with Crippen LogP contribution in [0, 0.1) is 0 Å². The summed E-state index contributed by atoms with van der Waals surface area (Å²) in [5, 5.41) is 126. The fourth-order valence-corrected chi connectivity index (χ4v) is 1.73. The van der Waals surface area contributed by atoms with Gasteiger partial charge >= 0.3 is 19.5 Å². The summed E-state index contributed by atoms with van der Waals surface area (Å²) in [6.07, 6.45) is -21.0. The Hall–Kier alpha value is -0.917. The van der Waals surface area contributed by atoms with Crippen molar-refractivity contribution in [2.75, 3.05) is 13.2 Å². The molecule has 0 aromatic rings. The van der Waals surface area contributed by atoms with Crippen molar-refractivity contribution < 1.29 is 101 Å². The van der Waals surface area contributed by atoms with Crippen molar-refractivity contribution in [3.8, 4) is 0 Å². The van der Waals surface area contributed by atoms with E-state index in [-0.39, 0.29) is 19.5 Å². The van der Waals surface area contributed by atoms with E-state index < -0.39 is 86.2 Å². The van der Waals surface area contributed by atoms with Crippen LogP contribution in [-0.2, 0) is 29.1 Å². The van der Waals surface area contributed by atoms with E-state index in [2.05, 4.69) is 0 Å². The van der Waals surface area contributed by atoms with Gasteiger partial charge in [-0.15, -0.1) is 0 Å². The molecule has 0 saturated heterocycles. The second-order valence-electron chi connectivity index (χ2n) is 5.97. The SMILES string of the molecule is O=C([O-])C(O)[C@H](O)[C@@H](O)[C@H](O)[C@H](O)CO.O=C([O-])C(O)[C@H](O)[C@@H](O)[C@H](O)[C@H](O)CO.[Zn+2]. The predicted molar refractivity (Wildman–Crippen MR) is 84.3 cm³/mol. The van der Waals surface area contributed by atoms with E-state index in [1.54, 1.807) is 0 Å². The monoisotopic (exact) mass is 514 g/mol. The van der Waals surface area contributed by atoms with E-state index in [9.17, 15) is 19.8 Å². The largest absolute Gasteiger partial charge is 2.00 e. The van der Waals surface area contributed by atoms with Gasteiger partial charge in [0.05, 0.1) is 25.2 Å². The molecule has 0 spiro atoms. The second kappa shape index (κ2) is 16.7. The molecule has 0 aromatic carbocycles. The van der Waals surface area contributed by atoms with Crippen LogP contribution in [0.3, 0.4) is 0 Å². The molecule has 12 N–H and O–H groups in total. The molecule has 0 aliphatic heterocycles. The standard InChI is InChI=1S/2C7H14O8.Zn/c2*8-1-2(9)3(10)4(11)5(12)6(13)7(14)15;/h2*2-6,8-13H,1H2,(H,14,15);/q;;+2/p-2/t2*2-,3-,4+,5-,6?;/m11./s1. The molecule has 0 saturated carbocycles. The molecule has 16 nitrogen and oxygen atoms in total. The summed E-state index contributed by atoms with van der Waals surface area (Å²) in [7, 11) is 0. The molecule has 17 heteroatoms. The molecule has 0 aliphatic carbocycles. The Bertz CT molecular complexity index is 465. The van der Waals surface area contributed by atoms with Gasteiger partial charge in [0.2, 0.25) is 0 Å². The summed E-state index contributed by atoms with van der Waals surface area (Å²) in [4.78, 5) is 20.2. The predicted octanol–water partition coefficient (Wildman–Crippen LogP) is -10.9. The number of carboxylic acids is 2. The number of carbonyl (C=O) groups is 2. The van der Waals surface area contributed by atoms with Gasteiger partial charge in [-0.3, -0.25) is 0 Å². The van der Waals surface area contributed by atoms with Crippen LogP contribution in [0.1, 0.15) is 0 Å². The van der Waals surface area contributed by atoms with E-state index in [1.165, 1.54) is 0 Å². The second-order valence-corrected chi connectivity index (χ2v) is 5.97. The van der Waals surface area contributed by atoms with Gasteiger partial charge in [-0.25, -0.2) is 0 Å². The Morgan fingerprint density at radius 3 is 0.903 bits per heavy atom. The maximum atomic E-state index is 10.1. The molecular weight excluding hydrogens is 490 g/mol. The van der Waals surface area contributed by atoms with Gasteiger partial charge in [-0.1, -0.05) is 0 Å². The third-order valence-corrected chi connectivity index (χ3v) is 3.69. The van der Waals surface area contributed by atoms with Crippen molar-refractivity contribution in [2.45, 2.75) is 61.0 Å². The first-order valence-corrected chi connectivity index (χ1v) is 8.09. The van der Waals surface area contributed by atoms with Gasteiger partial charge in [0.15, 0.2) is 0 Å². The van der Waals surface area contributed by atoms with Crippen LogP contribution >= 0.6 is 0 Å². The Morgan fingerprint density at radius 1 is 0.516 bits per heavy atom. The van der Waals surface area contributed by atoms with Crippen molar-refractivity contribution in [1.82, 2.24) is 0 Å². The van der Waals surface area contributed by atoms with E-state index in [0.717, 1.165) is 0 Å². The van der Waals surface area contributed by atoms with E-state index >= 15 is 0 Å². The van der Waals surface area contributed by atoms with Gasteiger partial charge in [0.25, 0.3) is 0 Å². The van der Waals surface area contributed by atoms with Crippen LogP contribution in [0.5, 0.6) is 0 Å². The third kappa shape index (κ3) is 11.5. The molecule has 2 unspecified atom stereocenters. The number of aliphatic hydroxyl groups excluding tert-OH is 12. The molecule has 0 heterocycles. The summed E-state index contributed by atoms with van der Waals surface area (Å²) in [5.74, 6) is -4.07. The summed E-state index contributed by atoms with van der Waals surface area (Å²) in [6.45, 7) is -1.79. The quantitative estimate of drug-likeness (QED) is 0.107. The fourth-order valence-electron chi connectivity index (χ4n) is 1.73. The first kappa shape index (κ1) is 34.7. The van der Waals surface area contributed by atoms with Crippen LogP contribution in [0.25, 0.3) is 0 Å². The van der Waals surface area contributed by atoms with Crippen molar-refractivity contribution >= 4 is 11.9 Å². The van der Waals surface area contributed by atoms with E-state index in [1.807, 2.05) is 0 Å². The zero-order valence-corrected chi connectivity index (χ0v) is 18.9. The Kier molecular flexibility index (Phi) is 18.7. The minimum Gasteiger partial charge on any atom is -0.547 e. The zero-order chi connectivity index (χ0) is 24.3. The number of aliphatic hydroxyl groups is 12. The minimum atomic E-state index is -2.40. The topological polar surface area (TPSA) is 323 Å². The molecule has 0 radical (unpaired) electrons. The first-order valence-electron chi connectivity index (χ1n) is 8.09. The Labute approximate surface area is 187 Å². The third-order valence-electron chi connectivity index (χ3n) is 3.69. The summed E-state index contributed by atoms with van der Waals surface area (Å²) < 4.78 is 0. The summed E-state index contributed by atoms with van der Waals surface area (Å²) >= 11 is 0. The molecule has 0 fully saturated rings. The van der Waals surface area contributed by atoms with Gasteiger partial charge in [0.1, 0.15) is 61.0 Å². The molecule has 0 aliphatic rings. The van der Waals surface area contributed by atoms with Crippen LogP contribution in [0.4, 0.5) is 0 Å². The Balaban J connectivity index is -0.000000490. The van der Waals surface area contributed by atoms with Crippen LogP contribution < -0.4 is 10.2 Å². The van der Waals surface area contributed by atoms with Crippen molar-refractivity contribution in [3.63, 3.8) is 0 Å². The molecule has 180 valence electrons. The molecule has 0 rings (SSSR count). The molecule has 0 bridgehead atoms. The minimum absolute atomic E-state index is 0. The molecule has 10 atom stereocenters. The van der Waals surface area contributed by atoms with Gasteiger partial charge < -0.3 is 81.1 Å². The molecule has 31 heavy (non-hydrogen) atoms. The molecule has 0 amide bonds. The first-order chi connectivity index (χ1) is 13.6. The molecule has 0 aromatic heterocycles. The number of aliphatic carboxylic acids is 2. The number of hydrogen-bond acceptors (Lipinski definition) is 16. The average molecular weight is 516 g/mol. The van der Waals surface area contributed by atoms with Gasteiger partial charge in [-0.2, -0.15) is 0 Å². The maximum absolute atomic E-state index is 10.1. The van der Waals surface area contributed by atoms with Crippen molar-refractivity contribution in [2.24, 2.45) is 0 Å². The van der Waals surface area contributed by atoms with E-state index in [0.29, 0.717) is 0 Å². The maximum Gasteiger partial charge on any atom is 2.00 e. The average Bonchev–Trinajstić information content (AvgIpc) is 2.73. The number of carbonyl (C=O) groups excluding carboxylic acids is 2. The van der Waals surface area contributed by atoms with Gasteiger partial charge in [0, 0.05) is 0 Å². The normalized spacial score (nSPS) is 20.8. The number of carboxylic acid groups (broad SMARTS) is 2. The summed E-state index contributed by atoms with van der Waals surface area (Å²) in [5.41, 5.74) is 0. The number of hydrogen-bond donors (Lipinski definition) is 12. The van der Waals surface area contributed by atoms with Crippen LogP contribution in [0.2, 0.25) is 0 Å². The summed E-state index contributed by atoms with van der Waals surface area (Å²) in [6, 6.07) is 0. The number of rotatable bonds is 12. The zero-order valence-electron chi connectivity index (χ0n) is 15.9. The van der Waals surface area contributed by atoms with Crippen LogP contribution in [-0.4, -0.2) is 147 Å². The Morgan fingerprint density at radius 2 is 0.742 bits per heavy atom. The van der Waals surface area contributed by atoms with Crippen molar-refractivity contribution in [3.05, 3.63) is 0 Å². The fraction of sp³-hybridized carbons (Fsp3) is 0.857. The van der Waals surface area contributed by atoms with E-state index in [4.69, 9.17) is 61.3 Å². The molecular formula is C14H26O16Zn. The van der Waals surface area contributed by atoms with Crippen LogP contribution in [0.15, 0.2) is 0 Å². The van der Waals surface area contributed by atoms with Crippen molar-refractivity contribution in [1.29, 1.82) is 0 Å².